The predicted molar refractivity (Wildman–Crippen MR) is 90.7 cm³/mol. The van der Waals surface area contributed by atoms with E-state index in [4.69, 9.17) is 0 Å². The topological polar surface area (TPSA) is 37.4 Å². The lowest BCUT2D eigenvalue weighted by Crippen LogP contribution is -2.38. The van der Waals surface area contributed by atoms with Crippen LogP contribution in [0, 0.1) is 5.92 Å². The molecule has 0 heterocycles. The van der Waals surface area contributed by atoms with Crippen LogP contribution in [0.4, 0.5) is 0 Å². The number of benzene rings is 2. The molecule has 118 valence electrons. The Morgan fingerprint density at radius 2 is 1.30 bits per heavy atom. The Bertz CT molecular complexity index is 684. The minimum absolute atomic E-state index is 0.0497. The van der Waals surface area contributed by atoms with E-state index in [9.17, 15) is 9.59 Å². The molecule has 2 aromatic carbocycles. The number of ketones is 2. The first-order valence-corrected chi connectivity index (χ1v) is 8.15. The molecule has 1 aliphatic carbocycles. The molecular formula is C20H21NO2. The smallest absolute Gasteiger partial charge is 0.176 e. The molecule has 0 saturated carbocycles. The first-order valence-electron chi connectivity index (χ1n) is 8.15. The first-order chi connectivity index (χ1) is 11.2. The van der Waals surface area contributed by atoms with E-state index in [1.54, 1.807) is 12.1 Å². The van der Waals surface area contributed by atoms with Crippen molar-refractivity contribution in [2.45, 2.75) is 19.9 Å². The zero-order chi connectivity index (χ0) is 16.4. The highest BCUT2D eigenvalue weighted by Gasteiger charge is 2.45. The van der Waals surface area contributed by atoms with Gasteiger partial charge in [-0.05, 0) is 18.7 Å². The minimum Gasteiger partial charge on any atom is -0.296 e. The third-order valence-corrected chi connectivity index (χ3v) is 4.69. The van der Waals surface area contributed by atoms with Gasteiger partial charge in [0.2, 0.25) is 0 Å². The number of Topliss-reactive ketones (excluding diaryl/α,β-unsaturated/α-hetero) is 2. The number of hydrogen-bond acceptors (Lipinski definition) is 3. The molecule has 0 aliphatic heterocycles. The molecule has 0 radical (unpaired) electrons. The second-order valence-electron chi connectivity index (χ2n) is 5.83. The third kappa shape index (κ3) is 2.62. The maximum Gasteiger partial charge on any atom is 0.176 e. The van der Waals surface area contributed by atoms with Crippen molar-refractivity contribution in [1.82, 2.24) is 4.90 Å². The molecule has 1 aliphatic rings. The van der Waals surface area contributed by atoms with Gasteiger partial charge in [0.25, 0.3) is 0 Å². The average Bonchev–Trinajstić information content (AvgIpc) is 2.85. The van der Waals surface area contributed by atoms with Gasteiger partial charge in [0.1, 0.15) is 5.92 Å². The van der Waals surface area contributed by atoms with Crippen molar-refractivity contribution >= 4 is 11.6 Å². The van der Waals surface area contributed by atoms with Gasteiger partial charge in [-0.25, -0.2) is 0 Å². The molecule has 0 N–H and O–H groups in total. The second-order valence-corrected chi connectivity index (χ2v) is 5.83. The predicted octanol–water partition coefficient (Wildman–Crippen LogP) is 3.76. The van der Waals surface area contributed by atoms with Gasteiger partial charge < -0.3 is 0 Å². The van der Waals surface area contributed by atoms with E-state index in [-0.39, 0.29) is 17.6 Å². The van der Waals surface area contributed by atoms with Crippen LogP contribution >= 0.6 is 0 Å². The van der Waals surface area contributed by atoms with Crippen LogP contribution in [0.1, 0.15) is 46.2 Å². The van der Waals surface area contributed by atoms with Gasteiger partial charge in [-0.1, -0.05) is 68.4 Å². The van der Waals surface area contributed by atoms with Crippen molar-refractivity contribution in [3.63, 3.8) is 0 Å². The molecular weight excluding hydrogens is 286 g/mol. The monoisotopic (exact) mass is 307 g/mol. The summed E-state index contributed by atoms with van der Waals surface area (Å²) < 4.78 is 0. The molecule has 2 aromatic rings. The van der Waals surface area contributed by atoms with E-state index in [0.717, 1.165) is 18.7 Å². The van der Waals surface area contributed by atoms with E-state index < -0.39 is 5.92 Å². The summed E-state index contributed by atoms with van der Waals surface area (Å²) in [5, 5.41) is 0. The number of hydrogen-bond donors (Lipinski definition) is 0. The summed E-state index contributed by atoms with van der Waals surface area (Å²) >= 11 is 0. The summed E-state index contributed by atoms with van der Waals surface area (Å²) in [6, 6.07) is 16.8. The quantitative estimate of drug-likeness (QED) is 0.789. The van der Waals surface area contributed by atoms with Crippen LogP contribution in [-0.2, 0) is 0 Å². The van der Waals surface area contributed by atoms with Crippen LogP contribution in [0.2, 0.25) is 0 Å². The lowest BCUT2D eigenvalue weighted by atomic mass is 9.87. The fraction of sp³-hybridized carbons (Fsp3) is 0.300. The standard InChI is InChI=1S/C20H21NO2/c1-3-21(4-2)18(14-10-6-5-7-11-14)17-19(22)15-12-8-9-13-16(15)20(17)23/h5-13,17-18H,3-4H2,1-2H3. The molecule has 0 fully saturated rings. The molecule has 1 unspecified atom stereocenters. The maximum atomic E-state index is 12.9. The highest BCUT2D eigenvalue weighted by Crippen LogP contribution is 2.38. The van der Waals surface area contributed by atoms with Crippen molar-refractivity contribution in [1.29, 1.82) is 0 Å². The van der Waals surface area contributed by atoms with Crippen molar-refractivity contribution in [3.8, 4) is 0 Å². The van der Waals surface area contributed by atoms with Crippen molar-refractivity contribution in [2.75, 3.05) is 13.1 Å². The van der Waals surface area contributed by atoms with Crippen LogP contribution in [-0.4, -0.2) is 29.6 Å². The normalized spacial score (nSPS) is 16.0. The average molecular weight is 307 g/mol. The van der Waals surface area contributed by atoms with Crippen molar-refractivity contribution in [3.05, 3.63) is 71.3 Å². The van der Waals surface area contributed by atoms with E-state index in [1.807, 2.05) is 42.5 Å². The zero-order valence-corrected chi connectivity index (χ0v) is 13.5. The summed E-state index contributed by atoms with van der Waals surface area (Å²) in [7, 11) is 0. The van der Waals surface area contributed by atoms with E-state index in [0.29, 0.717) is 11.1 Å². The van der Waals surface area contributed by atoms with Crippen molar-refractivity contribution in [2.24, 2.45) is 5.92 Å². The number of nitrogens with zero attached hydrogens (tertiary/aromatic N) is 1. The molecule has 1 atom stereocenters. The molecule has 0 bridgehead atoms. The summed E-state index contributed by atoms with van der Waals surface area (Å²) in [5.41, 5.74) is 2.15. The summed E-state index contributed by atoms with van der Waals surface area (Å²) in [6.45, 7) is 5.72. The van der Waals surface area contributed by atoms with Gasteiger partial charge in [0, 0.05) is 11.1 Å². The minimum atomic E-state index is -0.644. The lowest BCUT2D eigenvalue weighted by Gasteiger charge is -2.33. The van der Waals surface area contributed by atoms with Crippen molar-refractivity contribution < 1.29 is 9.59 Å². The van der Waals surface area contributed by atoms with Crippen LogP contribution < -0.4 is 0 Å². The summed E-state index contributed by atoms with van der Waals surface area (Å²) in [5.74, 6) is -0.743. The number of carbonyl (C=O) groups is 2. The molecule has 0 spiro atoms. The van der Waals surface area contributed by atoms with Gasteiger partial charge in [-0.15, -0.1) is 0 Å². The Labute approximate surface area is 136 Å². The number of fused-ring (bicyclic) bond motifs is 1. The fourth-order valence-corrected chi connectivity index (χ4v) is 3.54. The summed E-state index contributed by atoms with van der Waals surface area (Å²) in [6.07, 6.45) is 0. The Morgan fingerprint density at radius 3 is 1.78 bits per heavy atom. The zero-order valence-electron chi connectivity index (χ0n) is 13.5. The highest BCUT2D eigenvalue weighted by atomic mass is 16.2. The Balaban J connectivity index is 2.08. The van der Waals surface area contributed by atoms with Crippen LogP contribution in [0.3, 0.4) is 0 Å². The van der Waals surface area contributed by atoms with Crippen LogP contribution in [0.5, 0.6) is 0 Å². The van der Waals surface area contributed by atoms with Crippen LogP contribution in [0.15, 0.2) is 54.6 Å². The van der Waals surface area contributed by atoms with Gasteiger partial charge in [0.05, 0.1) is 6.04 Å². The Hall–Kier alpha value is -2.26. The Kier molecular flexibility index (Phi) is 4.39. The Morgan fingerprint density at radius 1 is 0.826 bits per heavy atom. The second kappa shape index (κ2) is 6.47. The lowest BCUT2D eigenvalue weighted by molar-refractivity contribution is 0.0702. The van der Waals surface area contributed by atoms with Crippen LogP contribution in [0.25, 0.3) is 0 Å². The van der Waals surface area contributed by atoms with E-state index >= 15 is 0 Å². The highest BCUT2D eigenvalue weighted by molar-refractivity contribution is 6.26. The van der Waals surface area contributed by atoms with Gasteiger partial charge in [-0.2, -0.15) is 0 Å². The molecule has 23 heavy (non-hydrogen) atoms. The molecule has 0 aromatic heterocycles. The molecule has 3 heteroatoms. The first kappa shape index (κ1) is 15.6. The molecule has 3 nitrogen and oxygen atoms in total. The molecule has 3 rings (SSSR count). The van der Waals surface area contributed by atoms with Gasteiger partial charge in [-0.3, -0.25) is 14.5 Å². The number of rotatable bonds is 5. The number of carbonyl (C=O) groups excluding carboxylic acids is 2. The van der Waals surface area contributed by atoms with E-state index in [2.05, 4.69) is 18.7 Å². The van der Waals surface area contributed by atoms with Gasteiger partial charge >= 0.3 is 0 Å². The van der Waals surface area contributed by atoms with E-state index in [1.165, 1.54) is 0 Å². The molecule has 0 saturated heterocycles. The third-order valence-electron chi connectivity index (χ3n) is 4.69. The SMILES string of the molecule is CCN(CC)C(c1ccccc1)C1C(=O)c2ccccc2C1=O. The van der Waals surface area contributed by atoms with Gasteiger partial charge in [0.15, 0.2) is 11.6 Å². The fourth-order valence-electron chi connectivity index (χ4n) is 3.54. The molecule has 0 amide bonds. The largest absolute Gasteiger partial charge is 0.296 e. The maximum absolute atomic E-state index is 12.9. The summed E-state index contributed by atoms with van der Waals surface area (Å²) in [4.78, 5) is 28.0.